The van der Waals surface area contributed by atoms with Gasteiger partial charge >= 0.3 is 0 Å². The second kappa shape index (κ2) is 7.71. The lowest BCUT2D eigenvalue weighted by Gasteiger charge is -2.51. The number of nitrogen functional groups attached to an aromatic ring is 1. The molecule has 3 saturated heterocycles. The summed E-state index contributed by atoms with van der Waals surface area (Å²) < 4.78 is 23.4. The largest absolute Gasteiger partial charge is 0.392 e. The van der Waals surface area contributed by atoms with Crippen molar-refractivity contribution in [1.29, 1.82) is 0 Å². The van der Waals surface area contributed by atoms with E-state index < -0.39 is 21.4 Å². The minimum Gasteiger partial charge on any atom is -0.392 e. The fourth-order valence-corrected chi connectivity index (χ4v) is 6.47. The van der Waals surface area contributed by atoms with E-state index in [0.717, 1.165) is 12.8 Å². The maximum absolute atomic E-state index is 13.1. The normalized spacial score (nSPS) is 30.4. The van der Waals surface area contributed by atoms with Crippen LogP contribution < -0.4 is 10.6 Å². The van der Waals surface area contributed by atoms with Gasteiger partial charge in [0.2, 0.25) is 11.9 Å². The van der Waals surface area contributed by atoms with Crippen molar-refractivity contribution in [3.63, 3.8) is 0 Å². The van der Waals surface area contributed by atoms with Gasteiger partial charge in [-0.2, -0.15) is 4.98 Å². The van der Waals surface area contributed by atoms with Gasteiger partial charge in [0.25, 0.3) is 0 Å². The molecule has 10 heteroatoms. The molecule has 4 rings (SSSR count). The average Bonchev–Trinajstić information content (AvgIpc) is 2.70. The predicted octanol–water partition coefficient (Wildman–Crippen LogP) is 0.0634. The highest BCUT2D eigenvalue weighted by atomic mass is 32.2. The summed E-state index contributed by atoms with van der Waals surface area (Å²) in [5.41, 5.74) is 5.37. The van der Waals surface area contributed by atoms with Gasteiger partial charge in [0, 0.05) is 43.7 Å². The number of aliphatic hydroxyl groups excluding tert-OH is 1. The molecular weight excluding hydrogens is 394 g/mol. The van der Waals surface area contributed by atoms with Crippen molar-refractivity contribution in [2.75, 3.05) is 48.3 Å². The van der Waals surface area contributed by atoms with E-state index in [0.29, 0.717) is 57.2 Å². The Morgan fingerprint density at radius 2 is 1.97 bits per heavy atom. The number of sulfone groups is 1. The molecule has 160 valence electrons. The molecule has 29 heavy (non-hydrogen) atoms. The Morgan fingerprint density at radius 3 is 2.69 bits per heavy atom. The van der Waals surface area contributed by atoms with Crippen LogP contribution in [0, 0.1) is 11.3 Å². The SMILES string of the molecule is Nc1ccnc(N2CC[C@H](O)[C@@]3(CCCN(C(=O)C4CCS(=O)(=O)CC4)C3)C2)n1. The summed E-state index contributed by atoms with van der Waals surface area (Å²) in [5.74, 6) is 0.934. The monoisotopic (exact) mass is 423 g/mol. The fraction of sp³-hybridized carbons (Fsp3) is 0.737. The number of aliphatic hydroxyl groups is 1. The van der Waals surface area contributed by atoms with Gasteiger partial charge in [-0.1, -0.05) is 0 Å². The number of piperidine rings is 2. The summed E-state index contributed by atoms with van der Waals surface area (Å²) in [5, 5.41) is 10.9. The topological polar surface area (TPSA) is 130 Å². The molecule has 0 unspecified atom stereocenters. The van der Waals surface area contributed by atoms with Gasteiger partial charge in [0.15, 0.2) is 0 Å². The van der Waals surface area contributed by atoms with Crippen molar-refractivity contribution in [3.8, 4) is 0 Å². The molecule has 0 radical (unpaired) electrons. The number of nitrogens with zero attached hydrogens (tertiary/aromatic N) is 4. The highest BCUT2D eigenvalue weighted by Gasteiger charge is 2.47. The maximum atomic E-state index is 13.1. The average molecular weight is 424 g/mol. The van der Waals surface area contributed by atoms with Crippen LogP contribution in [0.1, 0.15) is 32.1 Å². The Balaban J connectivity index is 1.48. The van der Waals surface area contributed by atoms with Crippen LogP contribution in [-0.2, 0) is 14.6 Å². The molecule has 3 N–H and O–H groups in total. The molecule has 4 heterocycles. The highest BCUT2D eigenvalue weighted by Crippen LogP contribution is 2.40. The Hall–Kier alpha value is -1.94. The predicted molar refractivity (Wildman–Crippen MR) is 109 cm³/mol. The molecule has 3 aliphatic heterocycles. The van der Waals surface area contributed by atoms with Crippen molar-refractivity contribution in [1.82, 2.24) is 14.9 Å². The second-order valence-corrected chi connectivity index (χ2v) is 11.0. The summed E-state index contributed by atoms with van der Waals surface area (Å²) in [4.78, 5) is 25.6. The summed E-state index contributed by atoms with van der Waals surface area (Å²) in [6.07, 6.45) is 4.16. The first-order valence-corrected chi connectivity index (χ1v) is 12.1. The molecule has 0 saturated carbocycles. The molecule has 1 spiro atoms. The van der Waals surface area contributed by atoms with Crippen LogP contribution in [0.4, 0.5) is 11.8 Å². The summed E-state index contributed by atoms with van der Waals surface area (Å²) >= 11 is 0. The van der Waals surface area contributed by atoms with Crippen LogP contribution in [0.15, 0.2) is 12.3 Å². The van der Waals surface area contributed by atoms with Gasteiger partial charge in [-0.3, -0.25) is 4.79 Å². The van der Waals surface area contributed by atoms with E-state index in [9.17, 15) is 18.3 Å². The fourth-order valence-electron chi connectivity index (χ4n) is 4.98. The van der Waals surface area contributed by atoms with Crippen molar-refractivity contribution in [2.24, 2.45) is 11.3 Å². The van der Waals surface area contributed by atoms with Gasteiger partial charge < -0.3 is 20.6 Å². The molecule has 0 aliphatic carbocycles. The second-order valence-electron chi connectivity index (χ2n) is 8.66. The van der Waals surface area contributed by atoms with Crippen molar-refractivity contribution in [2.45, 2.75) is 38.2 Å². The van der Waals surface area contributed by atoms with Crippen molar-refractivity contribution >= 4 is 27.5 Å². The van der Waals surface area contributed by atoms with Crippen LogP contribution in [0.3, 0.4) is 0 Å². The van der Waals surface area contributed by atoms with Gasteiger partial charge in [-0.05, 0) is 38.2 Å². The molecule has 0 aromatic carbocycles. The lowest BCUT2D eigenvalue weighted by molar-refractivity contribution is -0.142. The molecule has 1 aromatic heterocycles. The van der Waals surface area contributed by atoms with Gasteiger partial charge in [-0.15, -0.1) is 0 Å². The van der Waals surface area contributed by atoms with Gasteiger partial charge in [-0.25, -0.2) is 13.4 Å². The number of aromatic nitrogens is 2. The smallest absolute Gasteiger partial charge is 0.227 e. The number of hydrogen-bond acceptors (Lipinski definition) is 8. The van der Waals surface area contributed by atoms with Crippen LogP contribution in [0.5, 0.6) is 0 Å². The minimum absolute atomic E-state index is 0.0310. The highest BCUT2D eigenvalue weighted by molar-refractivity contribution is 7.91. The molecule has 2 atom stereocenters. The van der Waals surface area contributed by atoms with Crippen LogP contribution in [-0.4, -0.2) is 78.1 Å². The van der Waals surface area contributed by atoms with E-state index in [-0.39, 0.29) is 23.3 Å². The first-order valence-electron chi connectivity index (χ1n) is 10.3. The third kappa shape index (κ3) is 4.18. The number of amides is 1. The van der Waals surface area contributed by atoms with Crippen LogP contribution in [0.25, 0.3) is 0 Å². The first kappa shape index (κ1) is 20.3. The van der Waals surface area contributed by atoms with E-state index in [2.05, 4.69) is 9.97 Å². The number of carbonyl (C=O) groups excluding carboxylic acids is 1. The molecule has 1 aromatic rings. The molecule has 1 amide bonds. The molecule has 9 nitrogen and oxygen atoms in total. The number of likely N-dealkylation sites (tertiary alicyclic amines) is 1. The maximum Gasteiger partial charge on any atom is 0.227 e. The summed E-state index contributed by atoms with van der Waals surface area (Å²) in [6.45, 7) is 2.35. The lowest BCUT2D eigenvalue weighted by Crippen LogP contribution is -2.60. The number of anilines is 2. The Labute approximate surface area is 171 Å². The van der Waals surface area contributed by atoms with E-state index in [1.165, 1.54) is 0 Å². The zero-order chi connectivity index (χ0) is 20.6. The third-order valence-electron chi connectivity index (χ3n) is 6.66. The lowest BCUT2D eigenvalue weighted by atomic mass is 9.71. The Bertz CT molecular complexity index is 865. The molecule has 0 bridgehead atoms. The standard InChI is InChI=1S/C19H29N5O4S/c20-16-2-7-21-18(22-16)24-9-3-15(25)19(13-24)6-1-8-23(12-19)17(26)14-4-10-29(27,28)11-5-14/h2,7,14-15,25H,1,3-6,8-13H2,(H2,20,21,22)/t15-,19+/m0/s1. The zero-order valence-corrected chi connectivity index (χ0v) is 17.4. The number of nitrogens with two attached hydrogens (primary N) is 1. The Kier molecular flexibility index (Phi) is 5.41. The zero-order valence-electron chi connectivity index (χ0n) is 16.5. The third-order valence-corrected chi connectivity index (χ3v) is 8.37. The van der Waals surface area contributed by atoms with Gasteiger partial charge in [0.05, 0.1) is 17.6 Å². The first-order chi connectivity index (χ1) is 13.8. The Morgan fingerprint density at radius 1 is 1.21 bits per heavy atom. The molecule has 3 fully saturated rings. The van der Waals surface area contributed by atoms with E-state index in [1.54, 1.807) is 12.3 Å². The summed E-state index contributed by atoms with van der Waals surface area (Å²) in [7, 11) is -3.00. The molecular formula is C19H29N5O4S. The van der Waals surface area contributed by atoms with E-state index >= 15 is 0 Å². The van der Waals surface area contributed by atoms with Crippen LogP contribution >= 0.6 is 0 Å². The van der Waals surface area contributed by atoms with Crippen molar-refractivity contribution < 1.29 is 18.3 Å². The number of rotatable bonds is 2. The molecule has 3 aliphatic rings. The number of carbonyl (C=O) groups is 1. The van der Waals surface area contributed by atoms with E-state index in [1.807, 2.05) is 9.80 Å². The van der Waals surface area contributed by atoms with Crippen LogP contribution in [0.2, 0.25) is 0 Å². The quantitative estimate of drug-likeness (QED) is 0.683. The minimum atomic E-state index is -3.00. The summed E-state index contributed by atoms with van der Waals surface area (Å²) in [6, 6.07) is 1.64. The van der Waals surface area contributed by atoms with Gasteiger partial charge in [0.1, 0.15) is 15.7 Å². The van der Waals surface area contributed by atoms with E-state index in [4.69, 9.17) is 5.73 Å². The number of hydrogen-bond donors (Lipinski definition) is 2. The van der Waals surface area contributed by atoms with Crippen molar-refractivity contribution in [3.05, 3.63) is 12.3 Å².